The van der Waals surface area contributed by atoms with Crippen LogP contribution in [0.5, 0.6) is 0 Å². The number of likely N-dealkylation sites (tertiary alicyclic amines) is 1. The third-order valence-corrected chi connectivity index (χ3v) is 5.62. The summed E-state index contributed by atoms with van der Waals surface area (Å²) in [5.74, 6) is 0.927. The van der Waals surface area contributed by atoms with E-state index in [1.807, 2.05) is 6.07 Å². The molecule has 1 saturated heterocycles. The van der Waals surface area contributed by atoms with E-state index in [4.69, 9.17) is 10.5 Å². The Morgan fingerprint density at radius 3 is 2.89 bits per heavy atom. The highest BCUT2D eigenvalue weighted by Gasteiger charge is 2.31. The second-order valence-electron chi connectivity index (χ2n) is 7.22. The van der Waals surface area contributed by atoms with Crippen molar-refractivity contribution in [2.45, 2.75) is 57.2 Å². The Morgan fingerprint density at radius 2 is 2.22 bits per heavy atom. The number of nitrogens with zero attached hydrogens (tertiary/aromatic N) is 5. The number of nitrogens with one attached hydrogen (secondary N) is 1. The molecule has 7 heteroatoms. The summed E-state index contributed by atoms with van der Waals surface area (Å²) in [4.78, 5) is 20.8. The molecule has 0 radical (unpaired) electrons. The number of hydrogen-bond acceptors (Lipinski definition) is 6. The minimum atomic E-state index is -0.256. The number of carbonyl (C=O) groups excluding carboxylic acids is 1. The molecule has 1 amide bonds. The van der Waals surface area contributed by atoms with E-state index in [0.29, 0.717) is 30.7 Å². The second kappa shape index (κ2) is 8.83. The molecular weight excluding hydrogens is 340 g/mol. The van der Waals surface area contributed by atoms with Gasteiger partial charge in [-0.15, -0.1) is 0 Å². The van der Waals surface area contributed by atoms with Gasteiger partial charge in [-0.1, -0.05) is 0 Å². The van der Waals surface area contributed by atoms with E-state index < -0.39 is 0 Å². The van der Waals surface area contributed by atoms with Gasteiger partial charge in [0.05, 0.1) is 18.2 Å². The van der Waals surface area contributed by atoms with Gasteiger partial charge in [0.25, 0.3) is 0 Å². The lowest BCUT2D eigenvalue weighted by Gasteiger charge is -2.29. The van der Waals surface area contributed by atoms with Gasteiger partial charge in [0.15, 0.2) is 0 Å². The first-order valence-electron chi connectivity index (χ1n) is 9.71. The van der Waals surface area contributed by atoms with Gasteiger partial charge in [0.1, 0.15) is 17.9 Å². The lowest BCUT2D eigenvalue weighted by Crippen LogP contribution is -2.43. The zero-order chi connectivity index (χ0) is 19.2. The van der Waals surface area contributed by atoms with Crippen LogP contribution in [0.15, 0.2) is 18.3 Å². The normalized spacial score (nSPS) is 24.4. The van der Waals surface area contributed by atoms with Crippen molar-refractivity contribution in [3.8, 4) is 12.1 Å². The number of rotatable bonds is 6. The Hall–Kier alpha value is -2.64. The number of aromatic nitrogens is 1. The van der Waals surface area contributed by atoms with Gasteiger partial charge >= 0.3 is 0 Å². The summed E-state index contributed by atoms with van der Waals surface area (Å²) >= 11 is 0. The summed E-state index contributed by atoms with van der Waals surface area (Å²) in [6, 6.07) is 8.45. The molecular formula is C20H26N6O. The van der Waals surface area contributed by atoms with E-state index in [2.05, 4.69) is 34.3 Å². The Balaban J connectivity index is 1.52. The minimum Gasteiger partial charge on any atom is -0.354 e. The van der Waals surface area contributed by atoms with E-state index in [1.165, 1.54) is 0 Å². The molecule has 1 N–H and O–H groups in total. The van der Waals surface area contributed by atoms with Crippen LogP contribution in [0.3, 0.4) is 0 Å². The summed E-state index contributed by atoms with van der Waals surface area (Å²) in [5.41, 5.74) is 0.567. The number of carbonyl (C=O) groups is 1. The molecule has 2 heterocycles. The van der Waals surface area contributed by atoms with E-state index in [9.17, 15) is 4.79 Å². The Bertz CT molecular complexity index is 734. The first kappa shape index (κ1) is 19.1. The fraction of sp³-hybridized carbons (Fsp3) is 0.600. The first-order chi connectivity index (χ1) is 13.2. The lowest BCUT2D eigenvalue weighted by molar-refractivity contribution is -0.130. The van der Waals surface area contributed by atoms with Crippen molar-refractivity contribution in [1.82, 2.24) is 15.2 Å². The maximum atomic E-state index is 12.4. The zero-order valence-electron chi connectivity index (χ0n) is 15.8. The average Bonchev–Trinajstić information content (AvgIpc) is 3.37. The molecule has 142 valence electrons. The number of anilines is 1. The quantitative estimate of drug-likeness (QED) is 0.825. The number of nitriles is 2. The van der Waals surface area contributed by atoms with Crippen LogP contribution in [0.2, 0.25) is 0 Å². The molecule has 2 unspecified atom stereocenters. The van der Waals surface area contributed by atoms with Crippen LogP contribution in [0.25, 0.3) is 0 Å². The third-order valence-electron chi connectivity index (χ3n) is 5.62. The molecule has 0 aromatic carbocycles. The van der Waals surface area contributed by atoms with E-state index in [1.54, 1.807) is 17.2 Å². The highest BCUT2D eigenvalue weighted by Crippen LogP contribution is 2.27. The van der Waals surface area contributed by atoms with Crippen LogP contribution < -0.4 is 10.2 Å². The minimum absolute atomic E-state index is 0.0311. The molecule has 2 aliphatic rings. The molecule has 1 saturated carbocycles. The maximum absolute atomic E-state index is 12.4. The summed E-state index contributed by atoms with van der Waals surface area (Å²) in [5, 5.41) is 21.5. The molecule has 27 heavy (non-hydrogen) atoms. The van der Waals surface area contributed by atoms with Crippen molar-refractivity contribution in [3.63, 3.8) is 0 Å². The summed E-state index contributed by atoms with van der Waals surface area (Å²) in [6.07, 6.45) is 6.35. The van der Waals surface area contributed by atoms with E-state index in [0.717, 1.165) is 44.5 Å². The number of amides is 1. The van der Waals surface area contributed by atoms with Gasteiger partial charge in [0.2, 0.25) is 5.91 Å². The van der Waals surface area contributed by atoms with Gasteiger partial charge in [0, 0.05) is 31.4 Å². The van der Waals surface area contributed by atoms with Crippen LogP contribution in [0.1, 0.15) is 44.6 Å². The lowest BCUT2D eigenvalue weighted by atomic mass is 10.2. The van der Waals surface area contributed by atoms with E-state index >= 15 is 0 Å². The monoisotopic (exact) mass is 366 g/mol. The predicted molar refractivity (Wildman–Crippen MR) is 102 cm³/mol. The Labute approximate surface area is 160 Å². The largest absolute Gasteiger partial charge is 0.354 e. The number of hydrogen-bond donors (Lipinski definition) is 1. The van der Waals surface area contributed by atoms with E-state index in [-0.39, 0.29) is 11.9 Å². The fourth-order valence-electron chi connectivity index (χ4n) is 4.19. The molecule has 3 rings (SSSR count). The van der Waals surface area contributed by atoms with Crippen molar-refractivity contribution in [3.05, 3.63) is 23.9 Å². The van der Waals surface area contributed by atoms with Crippen molar-refractivity contribution >= 4 is 11.7 Å². The van der Waals surface area contributed by atoms with Gasteiger partial charge in [-0.2, -0.15) is 10.5 Å². The predicted octanol–water partition coefficient (Wildman–Crippen LogP) is 1.80. The van der Waals surface area contributed by atoms with Crippen LogP contribution >= 0.6 is 0 Å². The van der Waals surface area contributed by atoms with Gasteiger partial charge < -0.3 is 15.1 Å². The van der Waals surface area contributed by atoms with Crippen LogP contribution in [-0.2, 0) is 4.79 Å². The highest BCUT2D eigenvalue weighted by molar-refractivity contribution is 5.79. The Morgan fingerprint density at radius 1 is 1.37 bits per heavy atom. The zero-order valence-corrected chi connectivity index (χ0v) is 15.8. The van der Waals surface area contributed by atoms with Crippen LogP contribution in [-0.4, -0.2) is 53.6 Å². The molecule has 7 nitrogen and oxygen atoms in total. The Kier molecular flexibility index (Phi) is 6.26. The molecule has 0 bridgehead atoms. The highest BCUT2D eigenvalue weighted by atomic mass is 16.2. The molecule has 1 aromatic rings. The molecule has 1 aromatic heterocycles. The maximum Gasteiger partial charge on any atom is 0.237 e. The van der Waals surface area contributed by atoms with Crippen molar-refractivity contribution < 1.29 is 4.79 Å². The second-order valence-corrected chi connectivity index (χ2v) is 7.22. The van der Waals surface area contributed by atoms with Crippen LogP contribution in [0.4, 0.5) is 5.82 Å². The SMILES string of the molecule is CCN(c1ccc(C#N)cn1)C1CCC(NCC(=O)N2CCC[C@H]2C#N)C1. The summed E-state index contributed by atoms with van der Waals surface area (Å²) < 4.78 is 0. The van der Waals surface area contributed by atoms with Gasteiger partial charge in [-0.05, 0) is 51.2 Å². The van der Waals surface area contributed by atoms with Crippen LogP contribution in [0, 0.1) is 22.7 Å². The number of pyridine rings is 1. The summed E-state index contributed by atoms with van der Waals surface area (Å²) in [6.45, 7) is 3.96. The topological polar surface area (TPSA) is 96.1 Å². The summed E-state index contributed by atoms with van der Waals surface area (Å²) in [7, 11) is 0. The molecule has 1 aliphatic heterocycles. The van der Waals surface area contributed by atoms with Crippen molar-refractivity contribution in [1.29, 1.82) is 10.5 Å². The van der Waals surface area contributed by atoms with Gasteiger partial charge in [-0.25, -0.2) is 4.98 Å². The average molecular weight is 366 g/mol. The van der Waals surface area contributed by atoms with Crippen molar-refractivity contribution in [2.24, 2.45) is 0 Å². The molecule has 2 fully saturated rings. The molecule has 1 aliphatic carbocycles. The van der Waals surface area contributed by atoms with Crippen molar-refractivity contribution in [2.75, 3.05) is 24.5 Å². The smallest absolute Gasteiger partial charge is 0.237 e. The first-order valence-corrected chi connectivity index (χ1v) is 9.71. The van der Waals surface area contributed by atoms with Gasteiger partial charge in [-0.3, -0.25) is 4.79 Å². The third kappa shape index (κ3) is 4.37. The fourth-order valence-corrected chi connectivity index (χ4v) is 4.19. The molecule has 0 spiro atoms. The standard InChI is InChI=1S/C20H26N6O/c1-2-25(19-8-5-15(11-21)13-24-19)17-7-6-16(10-17)23-14-20(27)26-9-3-4-18(26)12-22/h5,8,13,16-18,23H,2-4,6-7,9-10,14H2,1H3/t16?,17?,18-/m0/s1. The molecule has 3 atom stereocenters.